The van der Waals surface area contributed by atoms with Crippen molar-refractivity contribution in [1.82, 2.24) is 9.78 Å². The van der Waals surface area contributed by atoms with Crippen molar-refractivity contribution < 1.29 is 14.3 Å². The second-order valence-electron chi connectivity index (χ2n) is 2.86. The van der Waals surface area contributed by atoms with Gasteiger partial charge in [0, 0.05) is 12.7 Å². The van der Waals surface area contributed by atoms with Gasteiger partial charge in [0.05, 0.1) is 13.2 Å². The van der Waals surface area contributed by atoms with E-state index in [0.717, 1.165) is 0 Å². The monoisotopic (exact) mass is 212 g/mol. The Kier molecular flexibility index (Phi) is 4.15. The summed E-state index contributed by atoms with van der Waals surface area (Å²) < 4.78 is 11.8. The molecule has 5 heteroatoms. The maximum Gasteiger partial charge on any atom is 0.345 e. The van der Waals surface area contributed by atoms with Gasteiger partial charge in [-0.2, -0.15) is 0 Å². The Labute approximate surface area is 89.0 Å². The van der Waals surface area contributed by atoms with Crippen LogP contribution >= 0.6 is 0 Å². The number of hydrogen-bond donors (Lipinski definition) is 0. The van der Waals surface area contributed by atoms with E-state index in [2.05, 4.69) is 5.10 Å². The van der Waals surface area contributed by atoms with Crippen molar-refractivity contribution in [2.45, 2.75) is 27.3 Å². The molecule has 0 aromatic carbocycles. The van der Waals surface area contributed by atoms with E-state index >= 15 is 0 Å². The van der Waals surface area contributed by atoms with Gasteiger partial charge in [0.2, 0.25) is 5.88 Å². The number of aryl methyl sites for hydroxylation is 1. The van der Waals surface area contributed by atoms with Crippen LogP contribution in [0.4, 0.5) is 0 Å². The zero-order valence-electron chi connectivity index (χ0n) is 9.32. The average Bonchev–Trinajstić information content (AvgIpc) is 2.62. The van der Waals surface area contributed by atoms with Gasteiger partial charge in [-0.05, 0) is 20.8 Å². The lowest BCUT2D eigenvalue weighted by Gasteiger charge is -2.01. The van der Waals surface area contributed by atoms with Gasteiger partial charge >= 0.3 is 5.97 Å². The lowest BCUT2D eigenvalue weighted by molar-refractivity contribution is 0.0522. The van der Waals surface area contributed by atoms with Crippen molar-refractivity contribution in [3.63, 3.8) is 0 Å². The Bertz CT molecular complexity index is 333. The molecule has 15 heavy (non-hydrogen) atoms. The number of aromatic nitrogens is 2. The normalized spacial score (nSPS) is 10.1. The zero-order chi connectivity index (χ0) is 11.3. The quantitative estimate of drug-likeness (QED) is 0.694. The Morgan fingerprint density at radius 1 is 1.40 bits per heavy atom. The van der Waals surface area contributed by atoms with Crippen LogP contribution in [0.3, 0.4) is 0 Å². The second kappa shape index (κ2) is 5.38. The fourth-order valence-electron chi connectivity index (χ4n) is 1.16. The summed E-state index contributed by atoms with van der Waals surface area (Å²) in [5, 5.41) is 4.12. The van der Waals surface area contributed by atoms with Crippen LogP contribution in [0.1, 0.15) is 31.1 Å². The molecule has 0 radical (unpaired) electrons. The zero-order valence-corrected chi connectivity index (χ0v) is 9.32. The Morgan fingerprint density at radius 2 is 2.13 bits per heavy atom. The molecule has 0 amide bonds. The first kappa shape index (κ1) is 11.6. The first-order valence-corrected chi connectivity index (χ1v) is 5.10. The van der Waals surface area contributed by atoms with E-state index in [0.29, 0.717) is 31.2 Å². The molecule has 1 aromatic heterocycles. The third-order valence-corrected chi connectivity index (χ3v) is 1.83. The minimum Gasteiger partial charge on any atom is -0.476 e. The molecule has 0 bridgehead atoms. The molecule has 1 heterocycles. The molecule has 5 nitrogen and oxygen atoms in total. The van der Waals surface area contributed by atoms with Crippen LogP contribution in [0.2, 0.25) is 0 Å². The van der Waals surface area contributed by atoms with Crippen LogP contribution < -0.4 is 4.74 Å². The maximum atomic E-state index is 11.5. The molecule has 0 saturated carbocycles. The summed E-state index contributed by atoms with van der Waals surface area (Å²) >= 11 is 0. The highest BCUT2D eigenvalue weighted by atomic mass is 16.5. The van der Waals surface area contributed by atoms with Crippen molar-refractivity contribution in [2.24, 2.45) is 0 Å². The van der Waals surface area contributed by atoms with Gasteiger partial charge in [0.1, 0.15) is 5.56 Å². The third-order valence-electron chi connectivity index (χ3n) is 1.83. The number of carbonyl (C=O) groups excluding carboxylic acids is 1. The van der Waals surface area contributed by atoms with E-state index in [9.17, 15) is 4.79 Å². The third kappa shape index (κ3) is 2.71. The number of hydrogen-bond acceptors (Lipinski definition) is 4. The highest BCUT2D eigenvalue weighted by Crippen LogP contribution is 2.17. The summed E-state index contributed by atoms with van der Waals surface area (Å²) in [4.78, 5) is 11.5. The Morgan fingerprint density at radius 3 is 2.67 bits per heavy atom. The minimum atomic E-state index is -0.388. The van der Waals surface area contributed by atoms with Crippen LogP contribution in [-0.4, -0.2) is 29.0 Å². The molecule has 1 aromatic rings. The molecule has 0 fully saturated rings. The molecule has 0 aliphatic rings. The van der Waals surface area contributed by atoms with Crippen LogP contribution in [0.25, 0.3) is 0 Å². The number of nitrogens with zero attached hydrogens (tertiary/aromatic N) is 2. The molecular formula is C10H16N2O3. The lowest BCUT2D eigenvalue weighted by Crippen LogP contribution is -2.06. The van der Waals surface area contributed by atoms with Gasteiger partial charge in [0.25, 0.3) is 0 Å². The summed E-state index contributed by atoms with van der Waals surface area (Å²) in [7, 11) is 0. The molecular weight excluding hydrogens is 196 g/mol. The van der Waals surface area contributed by atoms with Gasteiger partial charge in [0.15, 0.2) is 0 Å². The van der Waals surface area contributed by atoms with Gasteiger partial charge in [-0.1, -0.05) is 0 Å². The summed E-state index contributed by atoms with van der Waals surface area (Å²) in [6.07, 6.45) is 1.64. The summed E-state index contributed by atoms with van der Waals surface area (Å²) in [5.74, 6) is -0.0431. The first-order valence-electron chi connectivity index (χ1n) is 5.10. The van der Waals surface area contributed by atoms with Gasteiger partial charge in [-0.25, -0.2) is 4.79 Å². The Balaban J connectivity index is 2.92. The fourth-order valence-corrected chi connectivity index (χ4v) is 1.16. The topological polar surface area (TPSA) is 53.4 Å². The van der Waals surface area contributed by atoms with Crippen LogP contribution in [0.15, 0.2) is 6.20 Å². The van der Waals surface area contributed by atoms with Crippen molar-refractivity contribution in [2.75, 3.05) is 13.2 Å². The van der Waals surface area contributed by atoms with Gasteiger partial charge in [-0.3, -0.25) is 4.68 Å². The van der Waals surface area contributed by atoms with Crippen molar-refractivity contribution in [3.05, 3.63) is 11.8 Å². The van der Waals surface area contributed by atoms with Crippen molar-refractivity contribution >= 4 is 5.97 Å². The summed E-state index contributed by atoms with van der Waals surface area (Å²) in [6, 6.07) is 0. The van der Waals surface area contributed by atoms with Gasteiger partial charge in [-0.15, -0.1) is 5.10 Å². The van der Waals surface area contributed by atoms with Crippen LogP contribution in [0.5, 0.6) is 5.88 Å². The fraction of sp³-hybridized carbons (Fsp3) is 0.600. The molecule has 0 unspecified atom stereocenters. The predicted octanol–water partition coefficient (Wildman–Crippen LogP) is 1.48. The molecule has 0 aliphatic heterocycles. The van der Waals surface area contributed by atoms with Crippen LogP contribution in [0, 0.1) is 0 Å². The molecule has 0 N–H and O–H groups in total. The van der Waals surface area contributed by atoms with E-state index in [1.54, 1.807) is 17.8 Å². The molecule has 1 rings (SSSR count). The second-order valence-corrected chi connectivity index (χ2v) is 2.86. The van der Waals surface area contributed by atoms with Crippen LogP contribution in [-0.2, 0) is 11.3 Å². The highest BCUT2D eigenvalue weighted by molar-refractivity contribution is 5.91. The average molecular weight is 212 g/mol. The summed E-state index contributed by atoms with van der Waals surface area (Å²) in [6.45, 7) is 7.08. The van der Waals surface area contributed by atoms with Crippen molar-refractivity contribution in [1.29, 1.82) is 0 Å². The van der Waals surface area contributed by atoms with E-state index in [-0.39, 0.29) is 5.97 Å². The Hall–Kier alpha value is -1.52. The standard InChI is InChI=1S/C10H16N2O3/c1-4-12-7-8(10(13)15-6-3)9(11-12)14-5-2/h7H,4-6H2,1-3H3. The molecule has 84 valence electrons. The number of ether oxygens (including phenoxy) is 2. The van der Waals surface area contributed by atoms with Crippen molar-refractivity contribution in [3.8, 4) is 5.88 Å². The van der Waals surface area contributed by atoms with E-state index < -0.39 is 0 Å². The largest absolute Gasteiger partial charge is 0.476 e. The smallest absolute Gasteiger partial charge is 0.345 e. The first-order chi connectivity index (χ1) is 7.22. The van der Waals surface area contributed by atoms with Gasteiger partial charge < -0.3 is 9.47 Å². The molecule has 0 saturated heterocycles. The van der Waals surface area contributed by atoms with E-state index in [4.69, 9.17) is 9.47 Å². The highest BCUT2D eigenvalue weighted by Gasteiger charge is 2.18. The predicted molar refractivity (Wildman–Crippen MR) is 55.0 cm³/mol. The minimum absolute atomic E-state index is 0.345. The summed E-state index contributed by atoms with van der Waals surface area (Å²) in [5.41, 5.74) is 0.389. The lowest BCUT2D eigenvalue weighted by atomic mass is 10.3. The molecule has 0 aliphatic carbocycles. The number of esters is 1. The maximum absolute atomic E-state index is 11.5. The number of carbonyl (C=O) groups is 1. The molecule has 0 atom stereocenters. The van der Waals surface area contributed by atoms with E-state index in [1.165, 1.54) is 0 Å². The SMILES string of the molecule is CCOC(=O)c1cn(CC)nc1OCC. The number of rotatable bonds is 5. The molecule has 0 spiro atoms. The van der Waals surface area contributed by atoms with E-state index in [1.807, 2.05) is 13.8 Å².